The fraction of sp³-hybridized carbons (Fsp3) is 0.235. The molecule has 1 aromatic carbocycles. The van der Waals surface area contributed by atoms with Gasteiger partial charge in [0.15, 0.2) is 0 Å². The summed E-state index contributed by atoms with van der Waals surface area (Å²) < 4.78 is 18.3. The summed E-state index contributed by atoms with van der Waals surface area (Å²) in [4.78, 5) is 11.1. The van der Waals surface area contributed by atoms with Crippen molar-refractivity contribution in [2.45, 2.75) is 0 Å². The first-order chi connectivity index (χ1) is 11.8. The molecule has 24 heavy (non-hydrogen) atoms. The molecule has 0 bridgehead atoms. The van der Waals surface area contributed by atoms with Gasteiger partial charge in [0.1, 0.15) is 11.6 Å². The van der Waals surface area contributed by atoms with Crippen molar-refractivity contribution in [2.75, 3.05) is 31.1 Å². The summed E-state index contributed by atoms with van der Waals surface area (Å²) in [6, 6.07) is 9.87. The SMILES string of the molecule is Fc1ccc(-c2noc(-c3ccc(N4CCNCC4)nc3)n2)cc1. The van der Waals surface area contributed by atoms with Crippen molar-refractivity contribution in [2.24, 2.45) is 0 Å². The molecule has 2 aromatic heterocycles. The second-order valence-corrected chi connectivity index (χ2v) is 5.57. The molecular weight excluding hydrogens is 309 g/mol. The Balaban J connectivity index is 1.54. The molecule has 0 spiro atoms. The van der Waals surface area contributed by atoms with E-state index in [1.807, 2.05) is 12.1 Å². The third-order valence-corrected chi connectivity index (χ3v) is 3.96. The Bertz CT molecular complexity index is 810. The lowest BCUT2D eigenvalue weighted by Gasteiger charge is -2.28. The van der Waals surface area contributed by atoms with Gasteiger partial charge in [-0.3, -0.25) is 0 Å². The van der Waals surface area contributed by atoms with Crippen LogP contribution in [0.5, 0.6) is 0 Å². The van der Waals surface area contributed by atoms with Crippen LogP contribution < -0.4 is 10.2 Å². The predicted molar refractivity (Wildman–Crippen MR) is 88.0 cm³/mol. The predicted octanol–water partition coefficient (Wildman–Crippen LogP) is 2.35. The summed E-state index contributed by atoms with van der Waals surface area (Å²) >= 11 is 0. The number of benzene rings is 1. The minimum atomic E-state index is -0.296. The zero-order valence-corrected chi connectivity index (χ0v) is 12.9. The highest BCUT2D eigenvalue weighted by Gasteiger charge is 2.14. The van der Waals surface area contributed by atoms with Gasteiger partial charge in [0.05, 0.1) is 5.56 Å². The number of hydrogen-bond donors (Lipinski definition) is 1. The molecule has 0 amide bonds. The van der Waals surface area contributed by atoms with Gasteiger partial charge < -0.3 is 14.7 Å². The van der Waals surface area contributed by atoms with Gasteiger partial charge in [0.2, 0.25) is 5.82 Å². The second kappa shape index (κ2) is 6.37. The maximum atomic E-state index is 13.0. The maximum absolute atomic E-state index is 13.0. The van der Waals surface area contributed by atoms with Gasteiger partial charge >= 0.3 is 0 Å². The van der Waals surface area contributed by atoms with Gasteiger partial charge in [-0.15, -0.1) is 0 Å². The smallest absolute Gasteiger partial charge is 0.259 e. The lowest BCUT2D eigenvalue weighted by Crippen LogP contribution is -2.43. The minimum Gasteiger partial charge on any atom is -0.354 e. The molecule has 0 saturated carbocycles. The van der Waals surface area contributed by atoms with Crippen molar-refractivity contribution in [1.29, 1.82) is 0 Å². The van der Waals surface area contributed by atoms with Gasteiger partial charge in [-0.25, -0.2) is 9.37 Å². The van der Waals surface area contributed by atoms with E-state index in [0.717, 1.165) is 37.6 Å². The lowest BCUT2D eigenvalue weighted by atomic mass is 10.2. The zero-order chi connectivity index (χ0) is 16.4. The highest BCUT2D eigenvalue weighted by Crippen LogP contribution is 2.23. The highest BCUT2D eigenvalue weighted by molar-refractivity contribution is 5.60. The highest BCUT2D eigenvalue weighted by atomic mass is 19.1. The molecule has 0 radical (unpaired) electrons. The fourth-order valence-electron chi connectivity index (χ4n) is 2.65. The van der Waals surface area contributed by atoms with E-state index in [1.165, 1.54) is 12.1 Å². The molecule has 1 saturated heterocycles. The van der Waals surface area contributed by atoms with Gasteiger partial charge in [0, 0.05) is 37.9 Å². The molecule has 3 heterocycles. The molecule has 3 aromatic rings. The van der Waals surface area contributed by atoms with E-state index in [4.69, 9.17) is 4.52 Å². The van der Waals surface area contributed by atoms with E-state index in [9.17, 15) is 4.39 Å². The van der Waals surface area contributed by atoms with Crippen molar-refractivity contribution >= 4 is 5.82 Å². The Labute approximate surface area is 138 Å². The Morgan fingerprint density at radius 1 is 1.00 bits per heavy atom. The third kappa shape index (κ3) is 2.98. The van der Waals surface area contributed by atoms with Gasteiger partial charge in [-0.2, -0.15) is 4.98 Å². The number of nitrogens with zero attached hydrogens (tertiary/aromatic N) is 4. The Hall–Kier alpha value is -2.80. The molecule has 0 aliphatic carbocycles. The summed E-state index contributed by atoms with van der Waals surface area (Å²) in [5.74, 6) is 1.47. The normalized spacial score (nSPS) is 14.8. The number of hydrogen-bond acceptors (Lipinski definition) is 6. The second-order valence-electron chi connectivity index (χ2n) is 5.57. The number of piperazine rings is 1. The zero-order valence-electron chi connectivity index (χ0n) is 12.9. The van der Waals surface area contributed by atoms with Crippen molar-refractivity contribution < 1.29 is 8.91 Å². The summed E-state index contributed by atoms with van der Waals surface area (Å²) in [6.45, 7) is 3.82. The summed E-state index contributed by atoms with van der Waals surface area (Å²) in [5, 5.41) is 7.27. The number of anilines is 1. The average Bonchev–Trinajstić information content (AvgIpc) is 3.13. The van der Waals surface area contributed by atoms with Crippen LogP contribution in [-0.4, -0.2) is 41.3 Å². The first kappa shape index (κ1) is 14.8. The molecule has 122 valence electrons. The quantitative estimate of drug-likeness (QED) is 0.797. The molecule has 4 rings (SSSR count). The van der Waals surface area contributed by atoms with Crippen LogP contribution in [0.2, 0.25) is 0 Å². The lowest BCUT2D eigenvalue weighted by molar-refractivity contribution is 0.432. The standard InChI is InChI=1S/C17H16FN5O/c18-14-4-1-12(2-5-14)16-21-17(24-22-16)13-3-6-15(20-11-13)23-9-7-19-8-10-23/h1-6,11,19H,7-10H2. The number of aromatic nitrogens is 3. The fourth-order valence-corrected chi connectivity index (χ4v) is 2.65. The Morgan fingerprint density at radius 2 is 1.75 bits per heavy atom. The van der Waals surface area contributed by atoms with Crippen LogP contribution in [0, 0.1) is 5.82 Å². The van der Waals surface area contributed by atoms with E-state index in [0.29, 0.717) is 17.3 Å². The van der Waals surface area contributed by atoms with Crippen LogP contribution in [0.25, 0.3) is 22.8 Å². The molecule has 0 unspecified atom stereocenters. The van der Waals surface area contributed by atoms with Crippen molar-refractivity contribution in [3.63, 3.8) is 0 Å². The van der Waals surface area contributed by atoms with Crippen molar-refractivity contribution in [3.8, 4) is 22.8 Å². The molecule has 7 heteroatoms. The van der Waals surface area contributed by atoms with Crippen LogP contribution in [0.4, 0.5) is 10.2 Å². The van der Waals surface area contributed by atoms with E-state index < -0.39 is 0 Å². The van der Waals surface area contributed by atoms with Crippen molar-refractivity contribution in [1.82, 2.24) is 20.4 Å². The van der Waals surface area contributed by atoms with Crippen LogP contribution >= 0.6 is 0 Å². The average molecular weight is 325 g/mol. The Morgan fingerprint density at radius 3 is 2.46 bits per heavy atom. The van der Waals surface area contributed by atoms with Crippen LogP contribution in [0.3, 0.4) is 0 Å². The number of pyridine rings is 1. The molecule has 1 fully saturated rings. The largest absolute Gasteiger partial charge is 0.354 e. The number of halogens is 1. The van der Waals surface area contributed by atoms with Gasteiger partial charge in [-0.05, 0) is 36.4 Å². The summed E-state index contributed by atoms with van der Waals surface area (Å²) in [5.41, 5.74) is 1.46. The minimum absolute atomic E-state index is 0.296. The number of rotatable bonds is 3. The molecule has 0 atom stereocenters. The monoisotopic (exact) mass is 325 g/mol. The molecular formula is C17H16FN5O. The summed E-state index contributed by atoms with van der Waals surface area (Å²) in [7, 11) is 0. The number of nitrogens with one attached hydrogen (secondary N) is 1. The first-order valence-electron chi connectivity index (χ1n) is 7.81. The first-order valence-corrected chi connectivity index (χ1v) is 7.81. The van der Waals surface area contributed by atoms with Gasteiger partial charge in [-0.1, -0.05) is 5.16 Å². The van der Waals surface area contributed by atoms with E-state index in [2.05, 4.69) is 25.3 Å². The van der Waals surface area contributed by atoms with Gasteiger partial charge in [0.25, 0.3) is 5.89 Å². The van der Waals surface area contributed by atoms with E-state index >= 15 is 0 Å². The molecule has 1 N–H and O–H groups in total. The van der Waals surface area contributed by atoms with E-state index in [-0.39, 0.29) is 5.82 Å². The van der Waals surface area contributed by atoms with Crippen LogP contribution in [-0.2, 0) is 0 Å². The van der Waals surface area contributed by atoms with E-state index in [1.54, 1.807) is 18.3 Å². The molecule has 6 nitrogen and oxygen atoms in total. The topological polar surface area (TPSA) is 67.1 Å². The third-order valence-electron chi connectivity index (χ3n) is 3.96. The van der Waals surface area contributed by atoms with Crippen molar-refractivity contribution in [3.05, 3.63) is 48.4 Å². The summed E-state index contributed by atoms with van der Waals surface area (Å²) in [6.07, 6.45) is 1.74. The maximum Gasteiger partial charge on any atom is 0.259 e. The Kier molecular flexibility index (Phi) is 3.92. The molecule has 1 aliphatic heterocycles. The van der Waals surface area contributed by atoms with Crippen LogP contribution in [0.1, 0.15) is 0 Å². The molecule has 1 aliphatic rings. The van der Waals surface area contributed by atoms with Crippen LogP contribution in [0.15, 0.2) is 47.1 Å².